The minimum absolute atomic E-state index is 0.297. The quantitative estimate of drug-likeness (QED) is 0.205. The molecular weight excluding hydrogens is 546 g/mol. The van der Waals surface area contributed by atoms with Crippen LogP contribution in [0.2, 0.25) is 0 Å². The van der Waals surface area contributed by atoms with Crippen LogP contribution < -0.4 is 0 Å². The maximum atomic E-state index is 5.34. The van der Waals surface area contributed by atoms with Crippen molar-refractivity contribution in [2.24, 2.45) is 0 Å². The molecule has 0 saturated carbocycles. The molecule has 2 bridgehead atoms. The van der Waals surface area contributed by atoms with Gasteiger partial charge in [0.1, 0.15) is 5.82 Å². The summed E-state index contributed by atoms with van der Waals surface area (Å²) in [6.07, 6.45) is 0.921. The van der Waals surface area contributed by atoms with Gasteiger partial charge in [-0.25, -0.2) is 15.0 Å². The van der Waals surface area contributed by atoms with E-state index in [0.717, 1.165) is 23.4 Å². The van der Waals surface area contributed by atoms with Gasteiger partial charge < -0.3 is 0 Å². The van der Waals surface area contributed by atoms with Crippen molar-refractivity contribution in [2.75, 3.05) is 0 Å². The lowest BCUT2D eigenvalue weighted by molar-refractivity contribution is 0.588. The number of hydrogen-bond donors (Lipinski definition) is 0. The molecule has 2 aliphatic carbocycles. The summed E-state index contributed by atoms with van der Waals surface area (Å²) in [7, 11) is 0. The van der Waals surface area contributed by atoms with Crippen molar-refractivity contribution >= 4 is 0 Å². The average molecular weight is 576 g/mol. The minimum atomic E-state index is -0.447. The Bertz CT molecular complexity index is 2170. The zero-order valence-corrected chi connectivity index (χ0v) is 24.6. The molecule has 0 N–H and O–H groups in total. The van der Waals surface area contributed by atoms with Crippen LogP contribution in [0.5, 0.6) is 0 Å². The Labute approximate surface area is 263 Å². The van der Waals surface area contributed by atoms with Crippen molar-refractivity contribution < 1.29 is 0 Å². The molecular formula is C42H29N3. The zero-order valence-electron chi connectivity index (χ0n) is 24.6. The van der Waals surface area contributed by atoms with E-state index >= 15 is 0 Å². The van der Waals surface area contributed by atoms with E-state index in [1.165, 1.54) is 44.5 Å². The third-order valence-corrected chi connectivity index (χ3v) is 9.60. The third kappa shape index (κ3) is 4.08. The second-order valence-corrected chi connectivity index (χ2v) is 12.0. The van der Waals surface area contributed by atoms with Gasteiger partial charge in [0.25, 0.3) is 0 Å². The Morgan fingerprint density at radius 3 is 1.53 bits per heavy atom. The third-order valence-electron chi connectivity index (χ3n) is 9.60. The molecule has 0 fully saturated rings. The van der Waals surface area contributed by atoms with Crippen molar-refractivity contribution in [1.29, 1.82) is 0 Å². The van der Waals surface area contributed by atoms with Crippen molar-refractivity contribution in [3.8, 4) is 45.0 Å². The first-order valence-corrected chi connectivity index (χ1v) is 15.5. The molecule has 3 nitrogen and oxygen atoms in total. The molecule has 0 aliphatic heterocycles. The summed E-state index contributed by atoms with van der Waals surface area (Å²) in [5.41, 5.74) is 11.7. The van der Waals surface area contributed by atoms with Gasteiger partial charge in [-0.3, -0.25) is 0 Å². The first-order chi connectivity index (χ1) is 22.3. The molecule has 6 aromatic carbocycles. The van der Waals surface area contributed by atoms with Crippen LogP contribution in [0.3, 0.4) is 0 Å². The van der Waals surface area contributed by atoms with Gasteiger partial charge in [-0.15, -0.1) is 0 Å². The van der Waals surface area contributed by atoms with E-state index in [1.54, 1.807) is 0 Å². The topological polar surface area (TPSA) is 38.7 Å². The maximum absolute atomic E-state index is 5.34. The fourth-order valence-corrected chi connectivity index (χ4v) is 7.48. The molecule has 0 amide bonds. The number of aromatic nitrogens is 3. The summed E-state index contributed by atoms with van der Waals surface area (Å²) in [5, 5.41) is 0. The Hall–Kier alpha value is -5.67. The Kier molecular flexibility index (Phi) is 5.85. The summed E-state index contributed by atoms with van der Waals surface area (Å²) in [6, 6.07) is 55.9. The molecule has 45 heavy (non-hydrogen) atoms. The summed E-state index contributed by atoms with van der Waals surface area (Å²) in [4.78, 5) is 15.7. The highest BCUT2D eigenvalue weighted by Crippen LogP contribution is 2.62. The van der Waals surface area contributed by atoms with Crippen LogP contribution in [0.25, 0.3) is 45.0 Å². The molecule has 1 aromatic heterocycles. The van der Waals surface area contributed by atoms with Crippen LogP contribution >= 0.6 is 0 Å². The molecule has 212 valence electrons. The fourth-order valence-electron chi connectivity index (χ4n) is 7.48. The normalized spacial score (nSPS) is 17.6. The van der Waals surface area contributed by atoms with E-state index in [4.69, 9.17) is 15.0 Å². The highest BCUT2D eigenvalue weighted by atomic mass is 15.1. The molecule has 0 radical (unpaired) electrons. The predicted octanol–water partition coefficient (Wildman–Crippen LogP) is 9.72. The minimum Gasteiger partial charge on any atom is -0.212 e. The molecule has 1 heterocycles. The highest BCUT2D eigenvalue weighted by Gasteiger charge is 2.55. The molecule has 7 aromatic rings. The molecule has 2 aliphatic rings. The lowest BCUT2D eigenvalue weighted by atomic mass is 9.74. The predicted molar refractivity (Wildman–Crippen MR) is 181 cm³/mol. The van der Waals surface area contributed by atoms with Gasteiger partial charge in [0.05, 0.1) is 5.41 Å². The summed E-state index contributed by atoms with van der Waals surface area (Å²) in [6.45, 7) is 0. The molecule has 2 unspecified atom stereocenters. The summed E-state index contributed by atoms with van der Waals surface area (Å²) >= 11 is 0. The molecule has 3 heteroatoms. The second-order valence-electron chi connectivity index (χ2n) is 12.0. The van der Waals surface area contributed by atoms with Gasteiger partial charge in [0, 0.05) is 17.0 Å². The second kappa shape index (κ2) is 10.2. The lowest BCUT2D eigenvalue weighted by Crippen LogP contribution is -2.29. The standard InChI is InChI=1S/C42H29N3/c1-4-12-28(13-5-1)30-20-22-32(23-21-30)40-43-39(31-16-8-3-9-17-31)44-41(45-40)42-27-36(34-18-10-11-19-37(34)42)35-26-33(24-25-38(35)42)29-14-6-2-7-15-29/h1-26,36H,27H2. The Morgan fingerprint density at radius 1 is 0.400 bits per heavy atom. The molecule has 0 spiro atoms. The van der Waals surface area contributed by atoms with Crippen LogP contribution in [-0.2, 0) is 5.41 Å². The van der Waals surface area contributed by atoms with Crippen molar-refractivity contribution in [2.45, 2.75) is 17.8 Å². The van der Waals surface area contributed by atoms with Crippen LogP contribution in [-0.4, -0.2) is 15.0 Å². The largest absolute Gasteiger partial charge is 0.212 e. The first kappa shape index (κ1) is 25.8. The van der Waals surface area contributed by atoms with Gasteiger partial charge >= 0.3 is 0 Å². The number of hydrogen-bond acceptors (Lipinski definition) is 3. The molecule has 0 saturated heterocycles. The van der Waals surface area contributed by atoms with E-state index in [1.807, 2.05) is 24.3 Å². The van der Waals surface area contributed by atoms with E-state index in [2.05, 4.69) is 133 Å². The monoisotopic (exact) mass is 575 g/mol. The van der Waals surface area contributed by atoms with Crippen LogP contribution in [0.15, 0.2) is 158 Å². The zero-order chi connectivity index (χ0) is 29.8. The smallest absolute Gasteiger partial charge is 0.163 e. The van der Waals surface area contributed by atoms with Crippen molar-refractivity contribution in [1.82, 2.24) is 15.0 Å². The van der Waals surface area contributed by atoms with Crippen molar-refractivity contribution in [3.63, 3.8) is 0 Å². The van der Waals surface area contributed by atoms with E-state index in [9.17, 15) is 0 Å². The van der Waals surface area contributed by atoms with Gasteiger partial charge in [-0.1, -0.05) is 158 Å². The van der Waals surface area contributed by atoms with Crippen LogP contribution in [0.4, 0.5) is 0 Å². The highest BCUT2D eigenvalue weighted by molar-refractivity contribution is 5.74. The summed E-state index contributed by atoms with van der Waals surface area (Å²) < 4.78 is 0. The average Bonchev–Trinajstić information content (AvgIpc) is 3.66. The van der Waals surface area contributed by atoms with E-state index in [-0.39, 0.29) is 0 Å². The molecule has 9 rings (SSSR count). The number of rotatable bonds is 5. The lowest BCUT2D eigenvalue weighted by Gasteiger charge is -2.30. The van der Waals surface area contributed by atoms with Crippen LogP contribution in [0.1, 0.15) is 40.4 Å². The van der Waals surface area contributed by atoms with Gasteiger partial charge in [-0.2, -0.15) is 0 Å². The number of nitrogens with zero attached hydrogens (tertiary/aromatic N) is 3. The maximum Gasteiger partial charge on any atom is 0.163 e. The van der Waals surface area contributed by atoms with E-state index < -0.39 is 5.41 Å². The first-order valence-electron chi connectivity index (χ1n) is 15.5. The number of fused-ring (bicyclic) bond motifs is 8. The van der Waals surface area contributed by atoms with E-state index in [0.29, 0.717) is 17.6 Å². The van der Waals surface area contributed by atoms with Gasteiger partial charge in [0.2, 0.25) is 0 Å². The van der Waals surface area contributed by atoms with Gasteiger partial charge in [-0.05, 0) is 50.9 Å². The molecule has 2 atom stereocenters. The van der Waals surface area contributed by atoms with Crippen molar-refractivity contribution in [3.05, 3.63) is 186 Å². The van der Waals surface area contributed by atoms with Crippen LogP contribution in [0, 0.1) is 0 Å². The van der Waals surface area contributed by atoms with Gasteiger partial charge in [0.15, 0.2) is 11.6 Å². The summed E-state index contributed by atoms with van der Waals surface area (Å²) in [5.74, 6) is 2.51. The number of benzene rings is 6. The SMILES string of the molecule is c1ccc(-c2ccc(-c3nc(-c4ccccc4)nc(C45CC(c6ccccc64)c4cc(-c6ccccc6)ccc45)n3)cc2)cc1. The fraction of sp³-hybridized carbons (Fsp3) is 0.0714. The Balaban J connectivity index is 1.24. The Morgan fingerprint density at radius 2 is 0.867 bits per heavy atom.